The number of likely N-dealkylation sites (N-methyl/N-ethyl adjacent to an activating group) is 1. The number of amides is 1. The van der Waals surface area contributed by atoms with Gasteiger partial charge in [-0.15, -0.1) is 0 Å². The van der Waals surface area contributed by atoms with Gasteiger partial charge in [0.1, 0.15) is 0 Å². The van der Waals surface area contributed by atoms with Crippen LogP contribution in [0.5, 0.6) is 0 Å². The van der Waals surface area contributed by atoms with Gasteiger partial charge in [0, 0.05) is 31.9 Å². The Bertz CT molecular complexity index is 836. The Labute approximate surface area is 141 Å². The Morgan fingerprint density at radius 3 is 2.88 bits per heavy atom. The summed E-state index contributed by atoms with van der Waals surface area (Å²) < 4.78 is 1.63. The van der Waals surface area contributed by atoms with Crippen molar-refractivity contribution in [2.75, 3.05) is 20.1 Å². The van der Waals surface area contributed by atoms with Crippen molar-refractivity contribution in [1.29, 1.82) is 0 Å². The highest BCUT2D eigenvalue weighted by Gasteiger charge is 2.29. The normalized spacial score (nSPS) is 17.8. The predicted octanol–water partition coefficient (Wildman–Crippen LogP) is 0.631. The highest BCUT2D eigenvalue weighted by molar-refractivity contribution is 5.85. The fourth-order valence-electron chi connectivity index (χ4n) is 3.77. The smallest absolute Gasteiger partial charge is 0.273 e. The zero-order valence-electron chi connectivity index (χ0n) is 14.8. The summed E-state index contributed by atoms with van der Waals surface area (Å²) >= 11 is 0. The molecule has 7 nitrogen and oxygen atoms in total. The number of likely N-dealkylation sites (tertiary alicyclic amines) is 1. The fourth-order valence-corrected chi connectivity index (χ4v) is 3.77. The number of fused-ring (bicyclic) bond motifs is 1. The maximum atomic E-state index is 12.8. The highest BCUT2D eigenvalue weighted by atomic mass is 16.2. The number of aryl methyl sites for hydroxylation is 3. The number of carbonyl (C=O) groups excluding carboxylic acids is 1. The molecule has 1 atom stereocenters. The molecule has 0 saturated carbocycles. The van der Waals surface area contributed by atoms with Gasteiger partial charge in [-0.2, -0.15) is 0 Å². The van der Waals surface area contributed by atoms with Gasteiger partial charge in [-0.3, -0.25) is 19.4 Å². The number of nitrogens with zero attached hydrogens (tertiary/aromatic N) is 3. The van der Waals surface area contributed by atoms with Gasteiger partial charge in [0.15, 0.2) is 5.65 Å². The molecule has 2 aromatic heterocycles. The molecule has 3 rings (SSSR count). The van der Waals surface area contributed by atoms with Crippen LogP contribution in [0, 0.1) is 13.8 Å². The van der Waals surface area contributed by atoms with Crippen LogP contribution in [0.4, 0.5) is 0 Å². The summed E-state index contributed by atoms with van der Waals surface area (Å²) in [5, 5.41) is 6.48. The first-order chi connectivity index (χ1) is 11.4. The van der Waals surface area contributed by atoms with Gasteiger partial charge in [-0.1, -0.05) is 0 Å². The number of H-pyrrole nitrogens is 1. The van der Waals surface area contributed by atoms with E-state index in [-0.39, 0.29) is 17.5 Å². The van der Waals surface area contributed by atoms with Crippen LogP contribution in [0.2, 0.25) is 0 Å². The molecular weight excluding hydrogens is 306 g/mol. The lowest BCUT2D eigenvalue weighted by atomic mass is 10.0. The number of aromatic amines is 1. The lowest BCUT2D eigenvalue weighted by Gasteiger charge is -2.25. The van der Waals surface area contributed by atoms with Gasteiger partial charge in [-0.05, 0) is 44.9 Å². The minimum Gasteiger partial charge on any atom is -0.338 e. The van der Waals surface area contributed by atoms with Gasteiger partial charge in [0.25, 0.3) is 5.56 Å². The van der Waals surface area contributed by atoms with E-state index in [2.05, 4.69) is 15.4 Å². The van der Waals surface area contributed by atoms with Gasteiger partial charge in [0.2, 0.25) is 5.91 Å². The molecule has 1 aliphatic rings. The van der Waals surface area contributed by atoms with E-state index >= 15 is 0 Å². The van der Waals surface area contributed by atoms with Crippen molar-refractivity contribution in [2.45, 2.75) is 39.2 Å². The van der Waals surface area contributed by atoms with Crippen LogP contribution < -0.4 is 10.9 Å². The first-order valence-electron chi connectivity index (χ1n) is 8.43. The predicted molar refractivity (Wildman–Crippen MR) is 93.2 cm³/mol. The Kier molecular flexibility index (Phi) is 4.45. The molecule has 1 aliphatic heterocycles. The minimum absolute atomic E-state index is 0.118. The van der Waals surface area contributed by atoms with E-state index in [0.717, 1.165) is 42.8 Å². The topological polar surface area (TPSA) is 83.0 Å². The van der Waals surface area contributed by atoms with Crippen molar-refractivity contribution in [2.24, 2.45) is 7.05 Å². The minimum atomic E-state index is -0.152. The number of carbonyl (C=O) groups is 1. The second kappa shape index (κ2) is 6.39. The van der Waals surface area contributed by atoms with Crippen LogP contribution in [0.15, 0.2) is 4.79 Å². The molecule has 0 aromatic carbocycles. The molecule has 1 amide bonds. The van der Waals surface area contributed by atoms with E-state index < -0.39 is 0 Å². The number of aromatic nitrogens is 3. The Hall–Kier alpha value is -2.15. The first-order valence-corrected chi connectivity index (χ1v) is 8.43. The summed E-state index contributed by atoms with van der Waals surface area (Å²) in [6.07, 6.45) is 2.39. The first kappa shape index (κ1) is 16.7. The molecule has 0 aliphatic carbocycles. The van der Waals surface area contributed by atoms with E-state index in [4.69, 9.17) is 0 Å². The maximum Gasteiger partial charge on any atom is 0.273 e. The van der Waals surface area contributed by atoms with Crippen LogP contribution in [0.25, 0.3) is 11.0 Å². The molecule has 24 heavy (non-hydrogen) atoms. The Morgan fingerprint density at radius 2 is 2.17 bits per heavy atom. The quantitative estimate of drug-likeness (QED) is 0.861. The highest BCUT2D eigenvalue weighted by Crippen LogP contribution is 2.23. The van der Waals surface area contributed by atoms with Crippen molar-refractivity contribution in [3.8, 4) is 0 Å². The van der Waals surface area contributed by atoms with Crippen molar-refractivity contribution < 1.29 is 4.79 Å². The molecule has 0 radical (unpaired) electrons. The standard InChI is InChI=1S/C17H25N5O2/c1-10-13(8-14(23)22-7-5-6-12(22)9-18-3)11(2)19-16-15(10)17(24)20-21(16)4/h12,18H,5-9H2,1-4H3,(H,20,24). The number of pyridine rings is 1. The third-order valence-electron chi connectivity index (χ3n) is 5.04. The second-order valence-electron chi connectivity index (χ2n) is 6.62. The summed E-state index contributed by atoms with van der Waals surface area (Å²) in [5.74, 6) is 0.118. The monoisotopic (exact) mass is 331 g/mol. The molecule has 2 N–H and O–H groups in total. The largest absolute Gasteiger partial charge is 0.338 e. The van der Waals surface area contributed by atoms with Crippen LogP contribution in [0.3, 0.4) is 0 Å². The molecule has 1 fully saturated rings. The molecule has 0 bridgehead atoms. The van der Waals surface area contributed by atoms with Gasteiger partial charge in [-0.25, -0.2) is 4.98 Å². The van der Waals surface area contributed by atoms with Crippen molar-refractivity contribution >= 4 is 16.9 Å². The number of rotatable bonds is 4. The summed E-state index contributed by atoms with van der Waals surface area (Å²) in [6.45, 7) is 5.44. The van der Waals surface area contributed by atoms with E-state index in [0.29, 0.717) is 17.5 Å². The molecular formula is C17H25N5O2. The zero-order chi connectivity index (χ0) is 17.4. The summed E-state index contributed by atoms with van der Waals surface area (Å²) in [7, 11) is 3.68. The average Bonchev–Trinajstić information content (AvgIpc) is 3.09. The third-order valence-corrected chi connectivity index (χ3v) is 5.04. The van der Waals surface area contributed by atoms with Crippen molar-refractivity contribution in [3.63, 3.8) is 0 Å². The van der Waals surface area contributed by atoms with Crippen molar-refractivity contribution in [3.05, 3.63) is 27.2 Å². The Morgan fingerprint density at radius 1 is 1.42 bits per heavy atom. The number of hydrogen-bond donors (Lipinski definition) is 2. The Balaban J connectivity index is 1.94. The van der Waals surface area contributed by atoms with Gasteiger partial charge >= 0.3 is 0 Å². The maximum absolute atomic E-state index is 12.8. The van der Waals surface area contributed by atoms with Crippen LogP contribution >= 0.6 is 0 Å². The van der Waals surface area contributed by atoms with E-state index in [9.17, 15) is 9.59 Å². The lowest BCUT2D eigenvalue weighted by Crippen LogP contribution is -2.41. The fraction of sp³-hybridized carbons (Fsp3) is 0.588. The molecule has 1 unspecified atom stereocenters. The van der Waals surface area contributed by atoms with E-state index in [1.54, 1.807) is 11.7 Å². The van der Waals surface area contributed by atoms with E-state index in [1.807, 2.05) is 25.8 Å². The van der Waals surface area contributed by atoms with Gasteiger partial charge < -0.3 is 10.2 Å². The van der Waals surface area contributed by atoms with Crippen LogP contribution in [-0.4, -0.2) is 51.8 Å². The SMILES string of the molecule is CNCC1CCCN1C(=O)Cc1c(C)nc2c(c1C)c(=O)[nH]n2C. The summed E-state index contributed by atoms with van der Waals surface area (Å²) in [5.41, 5.74) is 3.03. The van der Waals surface area contributed by atoms with E-state index in [1.165, 1.54) is 0 Å². The third kappa shape index (κ3) is 2.73. The molecule has 7 heteroatoms. The molecule has 2 aromatic rings. The molecule has 1 saturated heterocycles. The number of hydrogen-bond acceptors (Lipinski definition) is 4. The average molecular weight is 331 g/mol. The summed E-state index contributed by atoms with van der Waals surface area (Å²) in [4.78, 5) is 31.5. The second-order valence-corrected chi connectivity index (χ2v) is 6.62. The molecule has 130 valence electrons. The van der Waals surface area contributed by atoms with Gasteiger partial charge in [0.05, 0.1) is 11.8 Å². The number of nitrogens with one attached hydrogen (secondary N) is 2. The van der Waals surface area contributed by atoms with Crippen LogP contribution in [-0.2, 0) is 18.3 Å². The van der Waals surface area contributed by atoms with Crippen LogP contribution in [0.1, 0.15) is 29.7 Å². The van der Waals surface area contributed by atoms with Crippen molar-refractivity contribution in [1.82, 2.24) is 25.0 Å². The molecule has 0 spiro atoms. The molecule has 3 heterocycles. The summed E-state index contributed by atoms with van der Waals surface area (Å²) in [6, 6.07) is 0.264. The zero-order valence-corrected chi connectivity index (χ0v) is 14.8. The lowest BCUT2D eigenvalue weighted by molar-refractivity contribution is -0.131.